The fourth-order valence-electron chi connectivity index (χ4n) is 4.10. The van der Waals surface area contributed by atoms with E-state index in [2.05, 4.69) is 58.5 Å². The van der Waals surface area contributed by atoms with E-state index in [9.17, 15) is 0 Å². The summed E-state index contributed by atoms with van der Waals surface area (Å²) in [6, 6.07) is 9.05. The quantitative estimate of drug-likeness (QED) is 0.296. The molecular weight excluding hydrogens is 411 g/mol. The number of fused-ring (bicyclic) bond motifs is 3. The normalized spacial score (nSPS) is 24.3. The van der Waals surface area contributed by atoms with Crippen LogP contribution in [0.1, 0.15) is 33.3 Å². The molecular formula is C19H20Cl3SiTi. The Kier molecular flexibility index (Phi) is 6.48. The van der Waals surface area contributed by atoms with Gasteiger partial charge in [-0.15, -0.1) is 39.3 Å². The van der Waals surface area contributed by atoms with Crippen molar-refractivity contribution < 1.29 is 46.5 Å². The summed E-state index contributed by atoms with van der Waals surface area (Å²) in [6.45, 7) is 11.4. The molecule has 0 bridgehead atoms. The van der Waals surface area contributed by atoms with Gasteiger partial charge in [0.25, 0.3) is 0 Å². The fraction of sp³-hybridized carbons (Fsp3) is 0.316. The maximum Gasteiger partial charge on any atom is 3.00 e. The molecule has 2 aromatic carbocycles. The predicted octanol–water partition coefficient (Wildman–Crippen LogP) is -1.43. The van der Waals surface area contributed by atoms with Gasteiger partial charge in [0.2, 0.25) is 0 Å². The molecule has 2 aliphatic rings. The van der Waals surface area contributed by atoms with E-state index >= 15 is 0 Å². The Labute approximate surface area is 177 Å². The van der Waals surface area contributed by atoms with Gasteiger partial charge in [0, 0.05) is 5.92 Å². The monoisotopic (exact) mass is 429 g/mol. The molecule has 1 aliphatic carbocycles. The number of benzene rings is 1. The first-order valence-electron chi connectivity index (χ1n) is 7.67. The zero-order chi connectivity index (χ0) is 15.1. The Morgan fingerprint density at radius 3 is 2.25 bits per heavy atom. The summed E-state index contributed by atoms with van der Waals surface area (Å²) in [5.74, 6) is 0.517. The maximum absolute atomic E-state index is 6.75. The van der Waals surface area contributed by atoms with Crippen molar-refractivity contribution in [1.29, 1.82) is 0 Å². The van der Waals surface area contributed by atoms with Crippen LogP contribution in [-0.2, 0) is 21.7 Å². The first-order valence-corrected chi connectivity index (χ1v) is 11.2. The molecule has 0 spiro atoms. The minimum absolute atomic E-state index is 0. The Balaban J connectivity index is 0.000000960. The number of hydrogen-bond donors (Lipinski definition) is 0. The summed E-state index contributed by atoms with van der Waals surface area (Å²) in [5, 5.41) is 5.76. The van der Waals surface area contributed by atoms with Gasteiger partial charge in [-0.25, -0.2) is 0 Å². The van der Waals surface area contributed by atoms with Crippen molar-refractivity contribution in [2.24, 2.45) is 5.92 Å². The van der Waals surface area contributed by atoms with Crippen molar-refractivity contribution >= 4 is 45.2 Å². The van der Waals surface area contributed by atoms with Gasteiger partial charge >= 0.3 is 21.7 Å². The smallest absolute Gasteiger partial charge is 1.00 e. The van der Waals surface area contributed by atoms with Gasteiger partial charge in [-0.1, -0.05) is 30.7 Å². The van der Waals surface area contributed by atoms with E-state index < -0.39 is 7.38 Å². The predicted molar refractivity (Wildman–Crippen MR) is 96.4 cm³/mol. The third-order valence-electron chi connectivity index (χ3n) is 5.76. The van der Waals surface area contributed by atoms with Gasteiger partial charge in [-0.2, -0.15) is 11.1 Å². The molecule has 125 valence electrons. The van der Waals surface area contributed by atoms with E-state index in [1.54, 1.807) is 0 Å². The van der Waals surface area contributed by atoms with Gasteiger partial charge < -0.3 is 24.8 Å². The molecule has 0 saturated heterocycles. The Bertz CT molecular complexity index is 874. The Morgan fingerprint density at radius 1 is 1.08 bits per heavy atom. The van der Waals surface area contributed by atoms with Crippen molar-refractivity contribution in [3.8, 4) is 0 Å². The van der Waals surface area contributed by atoms with Gasteiger partial charge in [-0.3, -0.25) is 0 Å². The largest absolute Gasteiger partial charge is 3.00 e. The van der Waals surface area contributed by atoms with Gasteiger partial charge in [0.1, 0.15) is 7.38 Å². The van der Waals surface area contributed by atoms with Crippen molar-refractivity contribution in [3.63, 3.8) is 0 Å². The second-order valence-electron chi connectivity index (χ2n) is 6.77. The molecule has 2 aromatic rings. The molecule has 2 unspecified atom stereocenters. The molecule has 0 saturated carbocycles. The number of hydrogen-bond acceptors (Lipinski definition) is 0. The van der Waals surface area contributed by atoms with Crippen LogP contribution < -0.4 is 35.2 Å². The molecule has 0 aromatic heterocycles. The van der Waals surface area contributed by atoms with E-state index in [1.807, 2.05) is 0 Å². The zero-order valence-corrected chi connectivity index (χ0v) is 19.3. The molecule has 24 heavy (non-hydrogen) atoms. The van der Waals surface area contributed by atoms with Crippen LogP contribution in [-0.4, -0.2) is 7.38 Å². The van der Waals surface area contributed by atoms with Crippen LogP contribution in [0.3, 0.4) is 0 Å². The SMILES string of the molecule is CC1=C(C)C(C)C(c2cccc3[cH-]c4c(c23)[Si]4(C)Cl)=C1C.[Cl-].[Cl-].[Ti+3]. The third-order valence-corrected chi connectivity index (χ3v) is 9.55. The average Bonchev–Trinajstić information content (AvgIpc) is 2.76. The molecule has 4 rings (SSSR count). The second-order valence-corrected chi connectivity index (χ2v) is 12.1. The molecule has 1 radical (unpaired) electrons. The second kappa shape index (κ2) is 7.02. The van der Waals surface area contributed by atoms with Gasteiger partial charge in [-0.05, 0) is 37.5 Å². The topological polar surface area (TPSA) is 0 Å². The van der Waals surface area contributed by atoms with Crippen molar-refractivity contribution in [1.82, 2.24) is 0 Å². The molecule has 1 heterocycles. The maximum atomic E-state index is 6.75. The standard InChI is InChI=1S/C19H20ClSi.2ClH.Ti/c1-10-11(2)13(4)17(12(10)3)15-8-6-7-14-9-16-19(18(14)15)21(16,5)20;;;/h6-9,12H,1-5H3;2*1H;/q-1;;;+3/p-2. The summed E-state index contributed by atoms with van der Waals surface area (Å²) in [5.41, 5.74) is 7.37. The molecule has 5 heteroatoms. The van der Waals surface area contributed by atoms with Gasteiger partial charge in [0.15, 0.2) is 0 Å². The molecule has 0 amide bonds. The fourth-order valence-corrected chi connectivity index (χ4v) is 7.92. The zero-order valence-electron chi connectivity index (χ0n) is 14.5. The summed E-state index contributed by atoms with van der Waals surface area (Å²) in [4.78, 5) is 0. The number of allylic oxidation sites excluding steroid dienone is 4. The van der Waals surface area contributed by atoms with Gasteiger partial charge in [0.05, 0.1) is 0 Å². The van der Waals surface area contributed by atoms with Crippen LogP contribution >= 0.6 is 11.1 Å². The third kappa shape index (κ3) is 2.73. The van der Waals surface area contributed by atoms with Crippen LogP contribution in [0.2, 0.25) is 6.55 Å². The molecule has 1 aliphatic heterocycles. The van der Waals surface area contributed by atoms with Crippen LogP contribution in [0.25, 0.3) is 16.3 Å². The minimum Gasteiger partial charge on any atom is -1.00 e. The number of halogens is 3. The summed E-state index contributed by atoms with van der Waals surface area (Å²) in [6.07, 6.45) is 0. The average molecular weight is 431 g/mol. The van der Waals surface area contributed by atoms with Crippen molar-refractivity contribution in [2.75, 3.05) is 0 Å². The van der Waals surface area contributed by atoms with E-state index in [0.29, 0.717) is 5.92 Å². The number of rotatable bonds is 1. The van der Waals surface area contributed by atoms with Crippen LogP contribution in [0, 0.1) is 5.92 Å². The van der Waals surface area contributed by atoms with E-state index in [-0.39, 0.29) is 46.5 Å². The first kappa shape index (κ1) is 22.2. The first-order chi connectivity index (χ1) is 9.85. The van der Waals surface area contributed by atoms with E-state index in [4.69, 9.17) is 11.1 Å². The van der Waals surface area contributed by atoms with Crippen molar-refractivity contribution in [3.05, 3.63) is 46.5 Å². The van der Waals surface area contributed by atoms with E-state index in [0.717, 1.165) is 0 Å². The summed E-state index contributed by atoms with van der Waals surface area (Å²) >= 11 is 6.75. The molecule has 0 N–H and O–H groups in total. The molecule has 0 nitrogen and oxygen atoms in total. The minimum atomic E-state index is -1.70. The van der Waals surface area contributed by atoms with Crippen LogP contribution in [0.4, 0.5) is 0 Å². The Hall–Kier alpha value is 0.111. The summed E-state index contributed by atoms with van der Waals surface area (Å²) < 4.78 is 0. The molecule has 0 fully saturated rings. The van der Waals surface area contributed by atoms with Crippen LogP contribution in [0.15, 0.2) is 41.0 Å². The van der Waals surface area contributed by atoms with Crippen LogP contribution in [0.5, 0.6) is 0 Å². The van der Waals surface area contributed by atoms with Crippen molar-refractivity contribution in [2.45, 2.75) is 34.2 Å². The molecule has 2 atom stereocenters. The van der Waals surface area contributed by atoms with E-state index in [1.165, 1.54) is 49.0 Å². The Morgan fingerprint density at radius 2 is 1.71 bits per heavy atom. The summed E-state index contributed by atoms with van der Waals surface area (Å²) in [7, 11) is -1.70.